The smallest absolute Gasteiger partial charge is 0.225 e. The van der Waals surface area contributed by atoms with Crippen molar-refractivity contribution in [2.75, 3.05) is 7.11 Å². The fourth-order valence-corrected chi connectivity index (χ4v) is 1.60. The zero-order valence-corrected chi connectivity index (χ0v) is 10.00. The highest BCUT2D eigenvalue weighted by Gasteiger charge is 2.10. The van der Waals surface area contributed by atoms with E-state index in [1.807, 2.05) is 25.3 Å². The molecule has 0 aliphatic rings. The standard InChI is InChI=1S/C10H10BrN3O/c1-6-5-12-9(13-6)7-3-4-8(11)14-10(7)15-2/h3-5H,1-2H3,(H,12,13). The molecule has 0 unspecified atom stereocenters. The van der Waals surface area contributed by atoms with Crippen LogP contribution < -0.4 is 4.74 Å². The minimum Gasteiger partial charge on any atom is -0.480 e. The van der Waals surface area contributed by atoms with E-state index >= 15 is 0 Å². The number of aromatic amines is 1. The highest BCUT2D eigenvalue weighted by molar-refractivity contribution is 9.10. The lowest BCUT2D eigenvalue weighted by molar-refractivity contribution is 0.398. The lowest BCUT2D eigenvalue weighted by Crippen LogP contribution is -1.93. The number of methoxy groups -OCH3 is 1. The minimum absolute atomic E-state index is 0.554. The summed E-state index contributed by atoms with van der Waals surface area (Å²) < 4.78 is 5.93. The molecule has 0 radical (unpaired) electrons. The van der Waals surface area contributed by atoms with Crippen LogP contribution in [0.15, 0.2) is 22.9 Å². The van der Waals surface area contributed by atoms with Gasteiger partial charge >= 0.3 is 0 Å². The van der Waals surface area contributed by atoms with E-state index in [4.69, 9.17) is 4.74 Å². The Balaban J connectivity index is 2.52. The quantitative estimate of drug-likeness (QED) is 0.851. The lowest BCUT2D eigenvalue weighted by Gasteiger charge is -2.04. The summed E-state index contributed by atoms with van der Waals surface area (Å²) in [6, 6.07) is 3.77. The maximum Gasteiger partial charge on any atom is 0.225 e. The van der Waals surface area contributed by atoms with Crippen molar-refractivity contribution in [3.63, 3.8) is 0 Å². The molecule has 0 fully saturated rings. The predicted octanol–water partition coefficient (Wildman–Crippen LogP) is 2.55. The number of hydrogen-bond acceptors (Lipinski definition) is 3. The molecule has 2 aromatic rings. The van der Waals surface area contributed by atoms with Gasteiger partial charge in [-0.1, -0.05) is 0 Å². The molecule has 0 saturated heterocycles. The van der Waals surface area contributed by atoms with E-state index in [1.54, 1.807) is 7.11 Å². The summed E-state index contributed by atoms with van der Waals surface area (Å²) in [7, 11) is 1.59. The fourth-order valence-electron chi connectivity index (χ4n) is 1.31. The first-order chi connectivity index (χ1) is 7.20. The Labute approximate surface area is 95.8 Å². The number of pyridine rings is 1. The first kappa shape index (κ1) is 10.2. The van der Waals surface area contributed by atoms with Gasteiger partial charge in [-0.3, -0.25) is 0 Å². The molecule has 78 valence electrons. The lowest BCUT2D eigenvalue weighted by atomic mass is 10.2. The molecule has 2 aromatic heterocycles. The number of H-pyrrole nitrogens is 1. The number of hydrogen-bond donors (Lipinski definition) is 1. The van der Waals surface area contributed by atoms with Crippen LogP contribution in [0.5, 0.6) is 5.88 Å². The fraction of sp³-hybridized carbons (Fsp3) is 0.200. The number of nitrogens with one attached hydrogen (secondary N) is 1. The highest BCUT2D eigenvalue weighted by atomic mass is 79.9. The van der Waals surface area contributed by atoms with Gasteiger partial charge < -0.3 is 9.72 Å². The number of imidazole rings is 1. The molecule has 15 heavy (non-hydrogen) atoms. The average molecular weight is 268 g/mol. The number of rotatable bonds is 2. The van der Waals surface area contributed by atoms with Gasteiger partial charge in [0.15, 0.2) is 0 Å². The van der Waals surface area contributed by atoms with Gasteiger partial charge in [0.05, 0.1) is 18.4 Å². The Kier molecular flexibility index (Phi) is 2.73. The Bertz CT molecular complexity index is 481. The summed E-state index contributed by atoms with van der Waals surface area (Å²) in [5, 5.41) is 0. The maximum absolute atomic E-state index is 5.19. The third-order valence-electron chi connectivity index (χ3n) is 1.98. The van der Waals surface area contributed by atoms with Crippen molar-refractivity contribution in [3.8, 4) is 17.3 Å². The van der Waals surface area contributed by atoms with Crippen LogP contribution in [0.2, 0.25) is 0 Å². The van der Waals surface area contributed by atoms with Gasteiger partial charge in [-0.25, -0.2) is 9.97 Å². The van der Waals surface area contributed by atoms with Crippen molar-refractivity contribution in [2.24, 2.45) is 0 Å². The molecule has 0 spiro atoms. The van der Waals surface area contributed by atoms with E-state index < -0.39 is 0 Å². The van der Waals surface area contributed by atoms with Gasteiger partial charge in [-0.05, 0) is 35.0 Å². The van der Waals surface area contributed by atoms with Crippen LogP contribution in [0.3, 0.4) is 0 Å². The highest BCUT2D eigenvalue weighted by Crippen LogP contribution is 2.27. The predicted molar refractivity (Wildman–Crippen MR) is 60.8 cm³/mol. The maximum atomic E-state index is 5.19. The van der Waals surface area contributed by atoms with Crippen LogP contribution in [0.1, 0.15) is 5.69 Å². The Morgan fingerprint density at radius 2 is 2.13 bits per heavy atom. The largest absolute Gasteiger partial charge is 0.480 e. The second-order valence-corrected chi connectivity index (χ2v) is 3.89. The minimum atomic E-state index is 0.554. The first-order valence-corrected chi connectivity index (χ1v) is 5.23. The van der Waals surface area contributed by atoms with Gasteiger partial charge in [0.25, 0.3) is 0 Å². The van der Waals surface area contributed by atoms with Crippen molar-refractivity contribution in [2.45, 2.75) is 6.92 Å². The van der Waals surface area contributed by atoms with Gasteiger partial charge in [-0.15, -0.1) is 0 Å². The monoisotopic (exact) mass is 267 g/mol. The van der Waals surface area contributed by atoms with Gasteiger partial charge in [0, 0.05) is 6.20 Å². The van der Waals surface area contributed by atoms with Crippen molar-refractivity contribution in [1.82, 2.24) is 15.0 Å². The molecule has 0 aliphatic carbocycles. The van der Waals surface area contributed by atoms with Crippen molar-refractivity contribution < 1.29 is 4.74 Å². The zero-order valence-electron chi connectivity index (χ0n) is 8.41. The number of nitrogens with zero attached hydrogens (tertiary/aromatic N) is 2. The van der Waals surface area contributed by atoms with E-state index in [-0.39, 0.29) is 0 Å². The Morgan fingerprint density at radius 1 is 1.33 bits per heavy atom. The molecule has 2 heterocycles. The normalized spacial score (nSPS) is 10.3. The van der Waals surface area contributed by atoms with Crippen LogP contribution in [0, 0.1) is 6.92 Å². The summed E-state index contributed by atoms with van der Waals surface area (Å²) in [4.78, 5) is 11.6. The van der Waals surface area contributed by atoms with E-state index in [1.165, 1.54) is 0 Å². The van der Waals surface area contributed by atoms with Gasteiger partial charge in [0.2, 0.25) is 5.88 Å². The van der Waals surface area contributed by atoms with Crippen LogP contribution in [-0.2, 0) is 0 Å². The van der Waals surface area contributed by atoms with Crippen molar-refractivity contribution in [1.29, 1.82) is 0 Å². The summed E-state index contributed by atoms with van der Waals surface area (Å²) in [6.45, 7) is 1.93. The summed E-state index contributed by atoms with van der Waals surface area (Å²) in [5.41, 5.74) is 1.80. The van der Waals surface area contributed by atoms with Gasteiger partial charge in [-0.2, -0.15) is 0 Å². The van der Waals surface area contributed by atoms with Gasteiger partial charge in [0.1, 0.15) is 10.4 Å². The van der Waals surface area contributed by atoms with Crippen LogP contribution >= 0.6 is 15.9 Å². The van der Waals surface area contributed by atoms with E-state index in [9.17, 15) is 0 Å². The summed E-state index contributed by atoms with van der Waals surface area (Å²) in [6.07, 6.45) is 1.84. The molecule has 0 saturated carbocycles. The molecule has 0 bridgehead atoms. The number of ether oxygens (including phenoxy) is 1. The SMILES string of the molecule is COc1nc(Br)ccc1-c1nc(C)c[nH]1. The van der Waals surface area contributed by atoms with Crippen molar-refractivity contribution in [3.05, 3.63) is 28.6 Å². The molecule has 0 aliphatic heterocycles. The molecular weight excluding hydrogens is 258 g/mol. The third kappa shape index (κ3) is 2.02. The third-order valence-corrected chi connectivity index (χ3v) is 2.42. The van der Waals surface area contributed by atoms with Crippen LogP contribution in [-0.4, -0.2) is 22.1 Å². The van der Waals surface area contributed by atoms with Crippen LogP contribution in [0.25, 0.3) is 11.4 Å². The number of halogens is 1. The molecule has 0 aromatic carbocycles. The summed E-state index contributed by atoms with van der Waals surface area (Å²) >= 11 is 3.29. The number of aromatic nitrogens is 3. The molecule has 1 N–H and O–H groups in total. The Hall–Kier alpha value is -1.36. The van der Waals surface area contributed by atoms with E-state index in [0.29, 0.717) is 5.88 Å². The van der Waals surface area contributed by atoms with Crippen molar-refractivity contribution >= 4 is 15.9 Å². The second-order valence-electron chi connectivity index (χ2n) is 3.08. The average Bonchev–Trinajstić information content (AvgIpc) is 2.64. The molecule has 0 atom stereocenters. The summed E-state index contributed by atoms with van der Waals surface area (Å²) in [5.74, 6) is 1.32. The molecule has 5 heteroatoms. The topological polar surface area (TPSA) is 50.8 Å². The molecular formula is C10H10BrN3O. The molecule has 4 nitrogen and oxygen atoms in total. The van der Waals surface area contributed by atoms with Crippen LogP contribution in [0.4, 0.5) is 0 Å². The number of aryl methyl sites for hydroxylation is 1. The Morgan fingerprint density at radius 3 is 2.73 bits per heavy atom. The van der Waals surface area contributed by atoms with E-state index in [2.05, 4.69) is 30.9 Å². The van der Waals surface area contributed by atoms with E-state index in [0.717, 1.165) is 21.7 Å². The zero-order chi connectivity index (χ0) is 10.8. The molecule has 0 amide bonds. The second kappa shape index (κ2) is 4.02. The first-order valence-electron chi connectivity index (χ1n) is 4.43. The molecule has 2 rings (SSSR count).